The van der Waals surface area contributed by atoms with Gasteiger partial charge < -0.3 is 8.83 Å². The van der Waals surface area contributed by atoms with Gasteiger partial charge in [-0.3, -0.25) is 0 Å². The second kappa shape index (κ2) is 5.41. The van der Waals surface area contributed by atoms with Crippen LogP contribution in [0.25, 0.3) is 32.7 Å². The summed E-state index contributed by atoms with van der Waals surface area (Å²) in [5.74, 6) is 0. The standard InChI is InChI=1S/C12H8O.C8H6O/c1-3-7-11-9(5-1)10-6-2-4-8-12(10)13-11;1-2-4-8-6-9-5-7(8)3-1/h1-8H;1-6H. The predicted octanol–water partition coefficient (Wildman–Crippen LogP) is 6.02. The summed E-state index contributed by atoms with van der Waals surface area (Å²) in [5.41, 5.74) is 1.92. The van der Waals surface area contributed by atoms with E-state index in [0.29, 0.717) is 0 Å². The maximum atomic E-state index is 5.65. The highest BCUT2D eigenvalue weighted by Gasteiger charge is 2.03. The number of benzene rings is 3. The van der Waals surface area contributed by atoms with Gasteiger partial charge in [-0.15, -0.1) is 0 Å². The van der Waals surface area contributed by atoms with E-state index in [1.165, 1.54) is 10.8 Å². The molecule has 2 aromatic heterocycles. The van der Waals surface area contributed by atoms with E-state index in [1.54, 1.807) is 12.5 Å². The van der Waals surface area contributed by atoms with Crippen LogP contribution in [0.2, 0.25) is 0 Å². The molecule has 2 heterocycles. The Hall–Kier alpha value is -3.00. The first-order valence-corrected chi connectivity index (χ1v) is 7.19. The molecule has 5 aromatic rings. The zero-order chi connectivity index (χ0) is 14.8. The first kappa shape index (κ1) is 12.7. The lowest BCUT2D eigenvalue weighted by molar-refractivity contribution is 0.572. The molecule has 2 nitrogen and oxygen atoms in total. The van der Waals surface area contributed by atoms with Gasteiger partial charge in [0, 0.05) is 21.5 Å². The highest BCUT2D eigenvalue weighted by molar-refractivity contribution is 6.04. The third-order valence-electron chi connectivity index (χ3n) is 3.67. The number of hydrogen-bond donors (Lipinski definition) is 0. The molecule has 0 aliphatic rings. The summed E-state index contributed by atoms with van der Waals surface area (Å²) in [7, 11) is 0. The average Bonchev–Trinajstić information content (AvgIpc) is 3.19. The van der Waals surface area contributed by atoms with Gasteiger partial charge >= 0.3 is 0 Å². The third-order valence-corrected chi connectivity index (χ3v) is 3.67. The molecule has 0 unspecified atom stereocenters. The molecule has 0 aliphatic heterocycles. The maximum Gasteiger partial charge on any atom is 0.135 e. The molecule has 2 heteroatoms. The van der Waals surface area contributed by atoms with Crippen LogP contribution < -0.4 is 0 Å². The van der Waals surface area contributed by atoms with Crippen molar-refractivity contribution in [3.05, 3.63) is 85.3 Å². The van der Waals surface area contributed by atoms with Gasteiger partial charge in [0.15, 0.2) is 0 Å². The van der Waals surface area contributed by atoms with Crippen molar-refractivity contribution in [2.24, 2.45) is 0 Å². The Kier molecular flexibility index (Phi) is 3.13. The summed E-state index contributed by atoms with van der Waals surface area (Å²) < 4.78 is 10.6. The van der Waals surface area contributed by atoms with Crippen molar-refractivity contribution in [1.29, 1.82) is 0 Å². The number of hydrogen-bond acceptors (Lipinski definition) is 2. The molecule has 0 spiro atoms. The normalized spacial score (nSPS) is 10.7. The maximum absolute atomic E-state index is 5.65. The van der Waals surface area contributed by atoms with Crippen LogP contribution in [-0.4, -0.2) is 0 Å². The number of rotatable bonds is 0. The zero-order valence-corrected chi connectivity index (χ0v) is 11.9. The fourth-order valence-electron chi connectivity index (χ4n) is 2.58. The van der Waals surface area contributed by atoms with Crippen LogP contribution in [-0.2, 0) is 0 Å². The van der Waals surface area contributed by atoms with E-state index in [-0.39, 0.29) is 0 Å². The van der Waals surface area contributed by atoms with E-state index in [2.05, 4.69) is 12.1 Å². The SMILES string of the molecule is c1ccc2c(c1)oc1ccccc12.c1ccc2cocc2c1. The van der Waals surface area contributed by atoms with Crippen LogP contribution in [0.1, 0.15) is 0 Å². The fraction of sp³-hybridized carbons (Fsp3) is 0. The molecule has 106 valence electrons. The summed E-state index contributed by atoms with van der Waals surface area (Å²) in [6.07, 6.45) is 3.49. The molecule has 0 saturated heterocycles. The van der Waals surface area contributed by atoms with Gasteiger partial charge in [-0.1, -0.05) is 60.7 Å². The van der Waals surface area contributed by atoms with Gasteiger partial charge in [0.25, 0.3) is 0 Å². The molecule has 0 N–H and O–H groups in total. The van der Waals surface area contributed by atoms with E-state index >= 15 is 0 Å². The fourth-order valence-corrected chi connectivity index (χ4v) is 2.58. The Morgan fingerprint density at radius 1 is 0.500 bits per heavy atom. The van der Waals surface area contributed by atoms with E-state index in [0.717, 1.165) is 21.9 Å². The monoisotopic (exact) mass is 286 g/mol. The minimum Gasteiger partial charge on any atom is -0.471 e. The second-order valence-corrected chi connectivity index (χ2v) is 5.10. The number of fused-ring (bicyclic) bond motifs is 4. The van der Waals surface area contributed by atoms with Crippen LogP contribution in [0.4, 0.5) is 0 Å². The third kappa shape index (κ3) is 2.25. The van der Waals surface area contributed by atoms with Gasteiger partial charge in [0.05, 0.1) is 12.5 Å². The largest absolute Gasteiger partial charge is 0.471 e. The summed E-state index contributed by atoms with van der Waals surface area (Å²) in [6, 6.07) is 24.3. The van der Waals surface area contributed by atoms with Crippen molar-refractivity contribution in [1.82, 2.24) is 0 Å². The lowest BCUT2D eigenvalue weighted by Crippen LogP contribution is -1.62. The smallest absolute Gasteiger partial charge is 0.135 e. The molecule has 5 rings (SSSR count). The van der Waals surface area contributed by atoms with E-state index in [1.807, 2.05) is 60.7 Å². The Bertz CT molecular complexity index is 957. The minimum absolute atomic E-state index is 0.962. The van der Waals surface area contributed by atoms with Crippen molar-refractivity contribution >= 4 is 32.7 Å². The summed E-state index contributed by atoms with van der Waals surface area (Å²) in [5, 5.41) is 4.71. The Morgan fingerprint density at radius 3 is 1.50 bits per heavy atom. The van der Waals surface area contributed by atoms with Crippen molar-refractivity contribution in [3.8, 4) is 0 Å². The molecule has 0 amide bonds. The van der Waals surface area contributed by atoms with Crippen LogP contribution in [0.3, 0.4) is 0 Å². The predicted molar refractivity (Wildman–Crippen MR) is 89.9 cm³/mol. The Balaban J connectivity index is 0.000000122. The van der Waals surface area contributed by atoms with E-state index in [9.17, 15) is 0 Å². The highest BCUT2D eigenvalue weighted by Crippen LogP contribution is 2.27. The summed E-state index contributed by atoms with van der Waals surface area (Å²) in [4.78, 5) is 0. The van der Waals surface area contributed by atoms with E-state index in [4.69, 9.17) is 8.83 Å². The van der Waals surface area contributed by atoms with Crippen molar-refractivity contribution < 1.29 is 8.83 Å². The average molecular weight is 286 g/mol. The topological polar surface area (TPSA) is 26.3 Å². The van der Waals surface area contributed by atoms with Crippen LogP contribution in [0.5, 0.6) is 0 Å². The molecule has 22 heavy (non-hydrogen) atoms. The van der Waals surface area contributed by atoms with Gasteiger partial charge in [0.1, 0.15) is 11.2 Å². The van der Waals surface area contributed by atoms with Crippen molar-refractivity contribution in [2.45, 2.75) is 0 Å². The summed E-state index contributed by atoms with van der Waals surface area (Å²) in [6.45, 7) is 0. The minimum atomic E-state index is 0.962. The molecular weight excluding hydrogens is 272 g/mol. The lowest BCUT2D eigenvalue weighted by atomic mass is 10.2. The van der Waals surface area contributed by atoms with Gasteiger partial charge in [-0.2, -0.15) is 0 Å². The van der Waals surface area contributed by atoms with Crippen LogP contribution in [0, 0.1) is 0 Å². The number of para-hydroxylation sites is 2. The Morgan fingerprint density at radius 2 is 0.955 bits per heavy atom. The molecule has 0 saturated carbocycles. The quantitative estimate of drug-likeness (QED) is 0.348. The van der Waals surface area contributed by atoms with E-state index < -0.39 is 0 Å². The van der Waals surface area contributed by atoms with Crippen LogP contribution >= 0.6 is 0 Å². The Labute approximate surface area is 127 Å². The molecule has 3 aromatic carbocycles. The number of furan rings is 2. The van der Waals surface area contributed by atoms with Crippen molar-refractivity contribution in [3.63, 3.8) is 0 Å². The first-order chi connectivity index (χ1) is 10.9. The first-order valence-electron chi connectivity index (χ1n) is 7.19. The highest BCUT2D eigenvalue weighted by atomic mass is 16.3. The zero-order valence-electron chi connectivity index (χ0n) is 11.9. The molecular formula is C20H14O2. The molecule has 0 atom stereocenters. The van der Waals surface area contributed by atoms with Gasteiger partial charge in [-0.05, 0) is 12.1 Å². The van der Waals surface area contributed by atoms with Crippen LogP contribution in [0.15, 0.2) is 94.2 Å². The second-order valence-electron chi connectivity index (χ2n) is 5.10. The summed E-state index contributed by atoms with van der Waals surface area (Å²) >= 11 is 0. The molecule has 0 fully saturated rings. The van der Waals surface area contributed by atoms with Gasteiger partial charge in [-0.25, -0.2) is 0 Å². The van der Waals surface area contributed by atoms with Gasteiger partial charge in [0.2, 0.25) is 0 Å². The lowest BCUT2D eigenvalue weighted by Gasteiger charge is -1.85. The van der Waals surface area contributed by atoms with Crippen molar-refractivity contribution in [2.75, 3.05) is 0 Å². The molecule has 0 aliphatic carbocycles. The molecule has 0 radical (unpaired) electrons. The molecule has 0 bridgehead atoms.